The Morgan fingerprint density at radius 1 is 1.32 bits per heavy atom. The number of rotatable bonds is 5. The van der Waals surface area contributed by atoms with Crippen LogP contribution in [0.15, 0.2) is 17.5 Å². The Labute approximate surface area is 125 Å². The van der Waals surface area contributed by atoms with Crippen LogP contribution in [0.1, 0.15) is 37.0 Å². The van der Waals surface area contributed by atoms with Crippen LogP contribution in [0.2, 0.25) is 0 Å². The van der Waals surface area contributed by atoms with Crippen molar-refractivity contribution in [2.45, 2.75) is 37.5 Å². The van der Waals surface area contributed by atoms with Gasteiger partial charge >= 0.3 is 0 Å². The molecule has 1 heterocycles. The molecule has 1 aliphatic carbocycles. The Bertz CT molecular complexity index is 375. The van der Waals surface area contributed by atoms with Crippen molar-refractivity contribution in [3.63, 3.8) is 0 Å². The van der Waals surface area contributed by atoms with Gasteiger partial charge in [0.1, 0.15) is 0 Å². The zero-order valence-corrected chi connectivity index (χ0v) is 13.0. The van der Waals surface area contributed by atoms with E-state index < -0.39 is 0 Å². The number of thiophene rings is 1. The summed E-state index contributed by atoms with van der Waals surface area (Å²) >= 11 is 1.72. The van der Waals surface area contributed by atoms with Crippen molar-refractivity contribution >= 4 is 29.7 Å². The summed E-state index contributed by atoms with van der Waals surface area (Å²) < 4.78 is 0. The summed E-state index contributed by atoms with van der Waals surface area (Å²) in [5.74, 6) is 0.222. The van der Waals surface area contributed by atoms with E-state index in [1.54, 1.807) is 11.3 Å². The lowest BCUT2D eigenvalue weighted by atomic mass is 9.72. The smallest absolute Gasteiger partial charge is 0.231 e. The molecule has 2 N–H and O–H groups in total. The molecule has 3 nitrogen and oxygen atoms in total. The Morgan fingerprint density at radius 2 is 2.05 bits per heavy atom. The first-order valence-electron chi connectivity index (χ1n) is 6.76. The van der Waals surface area contributed by atoms with Crippen molar-refractivity contribution < 1.29 is 4.79 Å². The second-order valence-electron chi connectivity index (χ2n) is 4.98. The highest BCUT2D eigenvalue weighted by Gasteiger charge is 2.41. The largest absolute Gasteiger partial charge is 0.354 e. The zero-order chi connectivity index (χ0) is 12.8. The maximum atomic E-state index is 12.6. The third-order valence-corrected chi connectivity index (χ3v) is 4.87. The highest BCUT2D eigenvalue weighted by molar-refractivity contribution is 7.10. The number of hydrogen-bond donors (Lipinski definition) is 2. The summed E-state index contributed by atoms with van der Waals surface area (Å²) in [7, 11) is 1.90. The van der Waals surface area contributed by atoms with Crippen molar-refractivity contribution in [1.29, 1.82) is 0 Å². The first kappa shape index (κ1) is 16.5. The fraction of sp³-hybridized carbons (Fsp3) is 0.643. The predicted octanol–water partition coefficient (Wildman–Crippen LogP) is 2.71. The minimum Gasteiger partial charge on any atom is -0.354 e. The number of hydrogen-bond acceptors (Lipinski definition) is 3. The van der Waals surface area contributed by atoms with E-state index in [-0.39, 0.29) is 23.7 Å². The van der Waals surface area contributed by atoms with Gasteiger partial charge in [0.2, 0.25) is 5.91 Å². The molecule has 0 bridgehead atoms. The number of likely N-dealkylation sites (N-methyl/N-ethyl adjacent to an activating group) is 1. The molecule has 0 radical (unpaired) electrons. The van der Waals surface area contributed by atoms with Gasteiger partial charge in [-0.25, -0.2) is 0 Å². The maximum Gasteiger partial charge on any atom is 0.231 e. The number of nitrogens with one attached hydrogen (secondary N) is 2. The Morgan fingerprint density at radius 3 is 2.63 bits per heavy atom. The molecule has 1 fully saturated rings. The summed E-state index contributed by atoms with van der Waals surface area (Å²) in [6.07, 6.45) is 5.59. The molecule has 0 atom stereocenters. The quantitative estimate of drug-likeness (QED) is 0.821. The third kappa shape index (κ3) is 3.71. The summed E-state index contributed by atoms with van der Waals surface area (Å²) in [6.45, 7) is 1.54. The molecule has 1 aliphatic rings. The fourth-order valence-corrected chi connectivity index (χ4v) is 3.75. The van der Waals surface area contributed by atoms with E-state index >= 15 is 0 Å². The zero-order valence-electron chi connectivity index (χ0n) is 11.4. The fourth-order valence-electron chi connectivity index (χ4n) is 2.76. The summed E-state index contributed by atoms with van der Waals surface area (Å²) in [6, 6.07) is 4.17. The molecule has 19 heavy (non-hydrogen) atoms. The molecule has 5 heteroatoms. The SMILES string of the molecule is CNCCNC(=O)C1(c2cccs2)CCCCC1.Cl. The summed E-state index contributed by atoms with van der Waals surface area (Å²) in [5, 5.41) is 8.22. The first-order chi connectivity index (χ1) is 8.79. The second-order valence-corrected chi connectivity index (χ2v) is 5.93. The molecule has 1 aromatic heterocycles. The minimum absolute atomic E-state index is 0. The molecule has 1 saturated carbocycles. The topological polar surface area (TPSA) is 41.1 Å². The van der Waals surface area contributed by atoms with Crippen LogP contribution in [0.4, 0.5) is 0 Å². The standard InChI is InChI=1S/C14H22N2OS.ClH/c1-15-9-10-16-13(17)14(7-3-2-4-8-14)12-6-5-11-18-12;/h5-6,11,15H,2-4,7-10H2,1H3,(H,16,17);1H. The highest BCUT2D eigenvalue weighted by Crippen LogP contribution is 2.41. The summed E-state index contributed by atoms with van der Waals surface area (Å²) in [5.41, 5.74) is -0.250. The van der Waals surface area contributed by atoms with Crippen LogP contribution >= 0.6 is 23.7 Å². The van der Waals surface area contributed by atoms with Crippen LogP contribution in [0.25, 0.3) is 0 Å². The molecule has 1 amide bonds. The van der Waals surface area contributed by atoms with Gasteiger partial charge in [-0.05, 0) is 31.3 Å². The third-order valence-electron chi connectivity index (χ3n) is 3.80. The number of halogens is 1. The molecule has 2 rings (SSSR count). The Hall–Kier alpha value is -0.580. The van der Waals surface area contributed by atoms with E-state index in [4.69, 9.17) is 0 Å². The monoisotopic (exact) mass is 302 g/mol. The summed E-state index contributed by atoms with van der Waals surface area (Å²) in [4.78, 5) is 13.8. The van der Waals surface area contributed by atoms with Crippen LogP contribution in [-0.4, -0.2) is 26.0 Å². The van der Waals surface area contributed by atoms with Crippen LogP contribution in [0.3, 0.4) is 0 Å². The van der Waals surface area contributed by atoms with Crippen molar-refractivity contribution in [2.24, 2.45) is 0 Å². The van der Waals surface area contributed by atoms with E-state index in [0.717, 1.165) is 32.2 Å². The lowest BCUT2D eigenvalue weighted by Crippen LogP contribution is -2.46. The van der Waals surface area contributed by atoms with E-state index in [0.29, 0.717) is 6.54 Å². The van der Waals surface area contributed by atoms with E-state index in [2.05, 4.69) is 28.1 Å². The molecule has 0 spiro atoms. The van der Waals surface area contributed by atoms with E-state index in [1.165, 1.54) is 11.3 Å². The second kappa shape index (κ2) is 7.88. The van der Waals surface area contributed by atoms with Gasteiger partial charge in [-0.3, -0.25) is 4.79 Å². The minimum atomic E-state index is -0.250. The first-order valence-corrected chi connectivity index (χ1v) is 7.64. The average molecular weight is 303 g/mol. The van der Waals surface area contributed by atoms with Gasteiger partial charge in [0.05, 0.1) is 5.41 Å². The van der Waals surface area contributed by atoms with Crippen LogP contribution in [-0.2, 0) is 10.2 Å². The van der Waals surface area contributed by atoms with Gasteiger partial charge in [0.15, 0.2) is 0 Å². The van der Waals surface area contributed by atoms with Gasteiger partial charge in [-0.15, -0.1) is 23.7 Å². The Balaban J connectivity index is 0.00000180. The Kier molecular flexibility index (Phi) is 6.83. The maximum absolute atomic E-state index is 12.6. The number of amides is 1. The van der Waals surface area contributed by atoms with Crippen LogP contribution < -0.4 is 10.6 Å². The predicted molar refractivity (Wildman–Crippen MR) is 83.3 cm³/mol. The molecule has 0 aromatic carbocycles. The van der Waals surface area contributed by atoms with E-state index in [9.17, 15) is 4.79 Å². The van der Waals surface area contributed by atoms with Gasteiger partial charge in [0.25, 0.3) is 0 Å². The van der Waals surface area contributed by atoms with Crippen LogP contribution in [0.5, 0.6) is 0 Å². The highest BCUT2D eigenvalue weighted by atomic mass is 35.5. The van der Waals surface area contributed by atoms with E-state index in [1.807, 2.05) is 7.05 Å². The van der Waals surface area contributed by atoms with Crippen molar-refractivity contribution in [3.8, 4) is 0 Å². The number of carbonyl (C=O) groups excluding carboxylic acids is 1. The van der Waals surface area contributed by atoms with Gasteiger partial charge in [-0.1, -0.05) is 25.3 Å². The lowest BCUT2D eigenvalue weighted by molar-refractivity contribution is -0.127. The number of carbonyl (C=O) groups is 1. The van der Waals surface area contributed by atoms with Gasteiger partial charge in [-0.2, -0.15) is 0 Å². The van der Waals surface area contributed by atoms with Crippen molar-refractivity contribution in [3.05, 3.63) is 22.4 Å². The molecule has 1 aromatic rings. The molecule has 108 valence electrons. The molecule has 0 aliphatic heterocycles. The van der Waals surface area contributed by atoms with Crippen molar-refractivity contribution in [2.75, 3.05) is 20.1 Å². The molecular weight excluding hydrogens is 280 g/mol. The molecule has 0 unspecified atom stereocenters. The van der Waals surface area contributed by atoms with Gasteiger partial charge < -0.3 is 10.6 Å². The van der Waals surface area contributed by atoms with Crippen molar-refractivity contribution in [1.82, 2.24) is 10.6 Å². The van der Waals surface area contributed by atoms with Gasteiger partial charge in [0, 0.05) is 18.0 Å². The molecule has 0 saturated heterocycles. The molecular formula is C14H23ClN2OS. The average Bonchev–Trinajstić information content (AvgIpc) is 2.94. The normalized spacial score (nSPS) is 17.5. The lowest BCUT2D eigenvalue weighted by Gasteiger charge is -2.35. The van der Waals surface area contributed by atoms with Crippen LogP contribution in [0, 0.1) is 0 Å².